The Morgan fingerprint density at radius 3 is 1.32 bits per heavy atom. The summed E-state index contributed by atoms with van der Waals surface area (Å²) in [6, 6.07) is 0. The zero-order chi connectivity index (χ0) is 38.9. The van der Waals surface area contributed by atoms with E-state index in [4.69, 9.17) is 28.0 Å². The Hall–Kier alpha value is -0.680. The predicted molar refractivity (Wildman–Crippen MR) is 219 cm³/mol. The van der Waals surface area contributed by atoms with E-state index in [9.17, 15) is 19.0 Å². The Balaban J connectivity index is 4.40. The standard InChI is InChI=1S/C41H81O10PS/c1-3-5-7-9-11-13-15-17-19-21-23-25-27-29-40(42)48-37-39(38-50-52(44,45)49-34-33-46-31-32-47-35-36-53)51-41(43)30-28-26-24-22-20-18-16-14-12-10-8-6-4-2/h39,53H,3-38H2,1-2H3,(H,44,45). The highest BCUT2D eigenvalue weighted by atomic mass is 32.1. The summed E-state index contributed by atoms with van der Waals surface area (Å²) in [4.78, 5) is 35.3. The molecular weight excluding hydrogens is 715 g/mol. The monoisotopic (exact) mass is 797 g/mol. The molecule has 316 valence electrons. The van der Waals surface area contributed by atoms with Gasteiger partial charge in [-0.3, -0.25) is 18.6 Å². The Morgan fingerprint density at radius 1 is 0.509 bits per heavy atom. The minimum atomic E-state index is -4.45. The van der Waals surface area contributed by atoms with E-state index in [0.29, 0.717) is 32.0 Å². The van der Waals surface area contributed by atoms with Gasteiger partial charge in [-0.1, -0.05) is 168 Å². The molecule has 10 nitrogen and oxygen atoms in total. The first-order valence-corrected chi connectivity index (χ1v) is 23.7. The third kappa shape index (κ3) is 40.8. The number of unbranched alkanes of at least 4 members (excludes halogenated alkanes) is 24. The maximum Gasteiger partial charge on any atom is 0.472 e. The number of phosphoric acid groups is 1. The highest BCUT2D eigenvalue weighted by molar-refractivity contribution is 7.80. The molecule has 0 aromatic rings. The zero-order valence-electron chi connectivity index (χ0n) is 34.0. The molecule has 0 aromatic carbocycles. The van der Waals surface area contributed by atoms with E-state index >= 15 is 0 Å². The van der Waals surface area contributed by atoms with Crippen LogP contribution in [0.3, 0.4) is 0 Å². The van der Waals surface area contributed by atoms with Crippen LogP contribution < -0.4 is 0 Å². The van der Waals surface area contributed by atoms with Crippen molar-refractivity contribution in [3.8, 4) is 0 Å². The number of rotatable bonds is 43. The van der Waals surface area contributed by atoms with Crippen molar-refractivity contribution in [2.45, 2.75) is 200 Å². The summed E-state index contributed by atoms with van der Waals surface area (Å²) < 4.78 is 44.1. The maximum atomic E-state index is 12.7. The molecule has 0 aromatic heterocycles. The number of hydrogen-bond donors (Lipinski definition) is 2. The molecule has 12 heteroatoms. The Kier molecular flexibility index (Phi) is 40.4. The molecule has 0 aliphatic heterocycles. The molecule has 2 atom stereocenters. The molecule has 0 saturated heterocycles. The van der Waals surface area contributed by atoms with Gasteiger partial charge in [-0.05, 0) is 12.8 Å². The molecule has 0 rings (SSSR count). The summed E-state index contributed by atoms with van der Waals surface area (Å²) in [6.45, 7) is 4.92. The zero-order valence-corrected chi connectivity index (χ0v) is 35.8. The summed E-state index contributed by atoms with van der Waals surface area (Å²) in [5.41, 5.74) is 0. The van der Waals surface area contributed by atoms with Gasteiger partial charge in [0.05, 0.1) is 39.6 Å². The molecule has 0 fully saturated rings. The summed E-state index contributed by atoms with van der Waals surface area (Å²) >= 11 is 4.06. The van der Waals surface area contributed by atoms with Crippen LogP contribution in [0.2, 0.25) is 0 Å². The summed E-state index contributed by atoms with van der Waals surface area (Å²) in [5.74, 6) is -0.219. The van der Waals surface area contributed by atoms with E-state index in [-0.39, 0.29) is 38.6 Å². The third-order valence-electron chi connectivity index (χ3n) is 9.21. The van der Waals surface area contributed by atoms with Crippen molar-refractivity contribution < 1.29 is 47.0 Å². The summed E-state index contributed by atoms with van der Waals surface area (Å²) in [7, 11) is -4.45. The van der Waals surface area contributed by atoms with E-state index in [0.717, 1.165) is 38.5 Å². The molecule has 2 unspecified atom stereocenters. The lowest BCUT2D eigenvalue weighted by atomic mass is 10.0. The van der Waals surface area contributed by atoms with Gasteiger partial charge in [0.25, 0.3) is 0 Å². The lowest BCUT2D eigenvalue weighted by molar-refractivity contribution is -0.161. The normalized spacial score (nSPS) is 13.2. The third-order valence-corrected chi connectivity index (χ3v) is 10.4. The smallest absolute Gasteiger partial charge is 0.462 e. The molecule has 0 heterocycles. The van der Waals surface area contributed by atoms with Crippen molar-refractivity contribution >= 4 is 32.4 Å². The van der Waals surface area contributed by atoms with Crippen molar-refractivity contribution in [2.75, 3.05) is 52.0 Å². The molecule has 0 aliphatic carbocycles. The maximum absolute atomic E-state index is 12.7. The van der Waals surface area contributed by atoms with E-state index in [2.05, 4.69) is 26.5 Å². The van der Waals surface area contributed by atoms with Crippen LogP contribution in [0.1, 0.15) is 194 Å². The number of carbonyl (C=O) groups is 2. The Morgan fingerprint density at radius 2 is 0.887 bits per heavy atom. The average Bonchev–Trinajstić information content (AvgIpc) is 3.14. The van der Waals surface area contributed by atoms with Gasteiger partial charge >= 0.3 is 19.8 Å². The average molecular weight is 797 g/mol. The lowest BCUT2D eigenvalue weighted by Crippen LogP contribution is -2.29. The molecule has 0 amide bonds. The van der Waals surface area contributed by atoms with Crippen LogP contribution in [0.25, 0.3) is 0 Å². The quantitative estimate of drug-likeness (QED) is 0.0266. The van der Waals surface area contributed by atoms with Gasteiger partial charge in [0.1, 0.15) is 6.61 Å². The second-order valence-electron chi connectivity index (χ2n) is 14.3. The largest absolute Gasteiger partial charge is 0.472 e. The lowest BCUT2D eigenvalue weighted by Gasteiger charge is -2.20. The predicted octanol–water partition coefficient (Wildman–Crippen LogP) is 11.5. The highest BCUT2D eigenvalue weighted by Crippen LogP contribution is 2.43. The SMILES string of the molecule is CCCCCCCCCCCCCCCC(=O)OCC(COP(=O)(O)OCCOCCOCCS)OC(=O)CCCCCCCCCCCCCCC. The first-order chi connectivity index (χ1) is 25.8. The van der Waals surface area contributed by atoms with E-state index in [1.54, 1.807) is 0 Å². The van der Waals surface area contributed by atoms with Crippen molar-refractivity contribution in [3.05, 3.63) is 0 Å². The van der Waals surface area contributed by atoms with Gasteiger partial charge < -0.3 is 23.8 Å². The van der Waals surface area contributed by atoms with Gasteiger partial charge in [0.15, 0.2) is 6.10 Å². The molecule has 53 heavy (non-hydrogen) atoms. The fourth-order valence-electron chi connectivity index (χ4n) is 6.01. The molecule has 0 aliphatic rings. The molecule has 0 bridgehead atoms. The Bertz CT molecular complexity index is 850. The van der Waals surface area contributed by atoms with Gasteiger partial charge in [-0.25, -0.2) is 4.57 Å². The second-order valence-corrected chi connectivity index (χ2v) is 16.2. The highest BCUT2D eigenvalue weighted by Gasteiger charge is 2.26. The topological polar surface area (TPSA) is 127 Å². The van der Waals surface area contributed by atoms with E-state index in [1.165, 1.54) is 122 Å². The minimum Gasteiger partial charge on any atom is -0.462 e. The van der Waals surface area contributed by atoms with E-state index < -0.39 is 26.5 Å². The van der Waals surface area contributed by atoms with Crippen molar-refractivity contribution in [3.63, 3.8) is 0 Å². The second kappa shape index (κ2) is 41.0. The van der Waals surface area contributed by atoms with Crippen molar-refractivity contribution in [2.24, 2.45) is 0 Å². The molecule has 0 radical (unpaired) electrons. The first-order valence-electron chi connectivity index (χ1n) is 21.6. The number of thiol groups is 1. The molecule has 0 spiro atoms. The first kappa shape index (κ1) is 52.3. The van der Waals surface area contributed by atoms with Crippen LogP contribution >= 0.6 is 20.5 Å². The number of esters is 2. The van der Waals surface area contributed by atoms with Crippen LogP contribution in [-0.4, -0.2) is 74.9 Å². The molecular formula is C41H81O10PS. The number of ether oxygens (including phenoxy) is 4. The van der Waals surface area contributed by atoms with Crippen LogP contribution in [0.15, 0.2) is 0 Å². The summed E-state index contributed by atoms with van der Waals surface area (Å²) in [5, 5.41) is 0. The fourth-order valence-corrected chi connectivity index (χ4v) is 6.87. The van der Waals surface area contributed by atoms with Crippen molar-refractivity contribution in [1.82, 2.24) is 0 Å². The fraction of sp³-hybridized carbons (Fsp3) is 0.951. The molecule has 1 N–H and O–H groups in total. The van der Waals surface area contributed by atoms with Crippen LogP contribution in [0.5, 0.6) is 0 Å². The summed E-state index contributed by atoms with van der Waals surface area (Å²) in [6.07, 6.45) is 31.0. The van der Waals surface area contributed by atoms with Gasteiger partial charge in [-0.2, -0.15) is 12.6 Å². The van der Waals surface area contributed by atoms with Crippen LogP contribution in [-0.2, 0) is 42.1 Å². The van der Waals surface area contributed by atoms with Gasteiger partial charge in [0, 0.05) is 18.6 Å². The Labute approximate surface area is 330 Å². The molecule has 0 saturated carbocycles. The van der Waals surface area contributed by atoms with Crippen LogP contribution in [0.4, 0.5) is 0 Å². The number of phosphoric ester groups is 1. The van der Waals surface area contributed by atoms with Gasteiger partial charge in [0.2, 0.25) is 0 Å². The van der Waals surface area contributed by atoms with Crippen LogP contribution in [0, 0.1) is 0 Å². The van der Waals surface area contributed by atoms with Gasteiger partial charge in [-0.15, -0.1) is 0 Å². The minimum absolute atomic E-state index is 0.0759. The number of carbonyl (C=O) groups excluding carboxylic acids is 2. The number of hydrogen-bond acceptors (Lipinski definition) is 10. The van der Waals surface area contributed by atoms with Crippen molar-refractivity contribution in [1.29, 1.82) is 0 Å². The van der Waals surface area contributed by atoms with E-state index in [1.807, 2.05) is 0 Å².